The fourth-order valence-corrected chi connectivity index (χ4v) is 4.87. The molecule has 0 saturated heterocycles. The first-order chi connectivity index (χ1) is 16.7. The molecule has 208 valence electrons. The van der Waals surface area contributed by atoms with Gasteiger partial charge in [0.05, 0.1) is 24.7 Å². The Morgan fingerprint density at radius 3 is 2.32 bits per heavy atom. The Morgan fingerprint density at radius 2 is 1.84 bits per heavy atom. The van der Waals surface area contributed by atoms with Gasteiger partial charge in [0.15, 0.2) is 8.32 Å². The highest BCUT2D eigenvalue weighted by Crippen LogP contribution is 2.38. The summed E-state index contributed by atoms with van der Waals surface area (Å²) in [5.74, 6) is -1.06. The predicted molar refractivity (Wildman–Crippen MR) is 131 cm³/mol. The summed E-state index contributed by atoms with van der Waals surface area (Å²) in [6.45, 7) is 10.8. The molecule has 0 N–H and O–H groups in total. The van der Waals surface area contributed by atoms with Gasteiger partial charge < -0.3 is 18.2 Å². The second kappa shape index (κ2) is 10.6. The van der Waals surface area contributed by atoms with Gasteiger partial charge in [0.25, 0.3) is 11.6 Å². The Labute approximate surface area is 214 Å². The molecule has 0 fully saturated rings. The minimum absolute atomic E-state index is 0.147. The Bertz CT molecular complexity index is 1190. The van der Waals surface area contributed by atoms with Crippen LogP contribution >= 0.6 is 0 Å². The van der Waals surface area contributed by atoms with Crippen LogP contribution in [0.5, 0.6) is 5.75 Å². The van der Waals surface area contributed by atoms with Gasteiger partial charge in [-0.1, -0.05) is 20.8 Å². The number of rotatable bonds is 8. The molecule has 37 heavy (non-hydrogen) atoms. The Morgan fingerprint density at radius 1 is 1.24 bits per heavy atom. The normalized spacial score (nSPS) is 17.3. The second-order valence-electron chi connectivity index (χ2n) is 10.1. The van der Waals surface area contributed by atoms with Crippen molar-refractivity contribution in [2.75, 3.05) is 20.3 Å². The molecule has 0 aliphatic carbocycles. The average molecular weight is 569 g/mol. The minimum atomic E-state index is -5.92. The lowest BCUT2D eigenvalue weighted by molar-refractivity contribution is -0.385. The van der Waals surface area contributed by atoms with Gasteiger partial charge in [-0.15, -0.1) is 0 Å². The quantitative estimate of drug-likeness (QED) is 0.143. The lowest BCUT2D eigenvalue weighted by atomic mass is 10.0. The van der Waals surface area contributed by atoms with E-state index in [9.17, 15) is 36.5 Å². The number of amides is 1. The van der Waals surface area contributed by atoms with Gasteiger partial charge in [-0.05, 0) is 36.7 Å². The number of aryl methyl sites for hydroxylation is 1. The average Bonchev–Trinajstić information content (AvgIpc) is 2.75. The Balaban J connectivity index is 2.50. The minimum Gasteiger partial charge on any atom is -0.496 e. The van der Waals surface area contributed by atoms with E-state index in [0.29, 0.717) is 5.56 Å². The molecule has 1 aromatic rings. The maximum absolute atomic E-state index is 13.5. The van der Waals surface area contributed by atoms with Crippen LogP contribution in [0.4, 0.5) is 18.9 Å². The third kappa shape index (κ3) is 6.81. The van der Waals surface area contributed by atoms with Crippen molar-refractivity contribution < 1.29 is 44.7 Å². The first kappa shape index (κ1) is 30.6. The van der Waals surface area contributed by atoms with Crippen molar-refractivity contribution in [3.8, 4) is 5.75 Å². The second-order valence-corrected chi connectivity index (χ2v) is 16.5. The molecule has 2 rings (SSSR count). The van der Waals surface area contributed by atoms with Crippen LogP contribution in [0.1, 0.15) is 43.1 Å². The molecule has 1 aliphatic rings. The van der Waals surface area contributed by atoms with E-state index >= 15 is 0 Å². The van der Waals surface area contributed by atoms with Gasteiger partial charge >= 0.3 is 15.6 Å². The van der Waals surface area contributed by atoms with Crippen LogP contribution in [-0.2, 0) is 18.7 Å². The highest BCUT2D eigenvalue weighted by molar-refractivity contribution is 7.87. The number of nitrogens with zero attached hydrogens (tertiary/aromatic N) is 2. The van der Waals surface area contributed by atoms with Crippen molar-refractivity contribution in [1.82, 2.24) is 4.90 Å². The number of halogens is 3. The maximum atomic E-state index is 13.5. The van der Waals surface area contributed by atoms with Gasteiger partial charge in [0, 0.05) is 25.1 Å². The summed E-state index contributed by atoms with van der Waals surface area (Å²) in [7, 11) is -6.99. The number of methoxy groups -OCH3 is 1. The first-order valence-corrected chi connectivity index (χ1v) is 15.5. The molecule has 0 radical (unpaired) electrons. The summed E-state index contributed by atoms with van der Waals surface area (Å²) in [4.78, 5) is 25.7. The van der Waals surface area contributed by atoms with E-state index in [4.69, 9.17) is 9.16 Å². The largest absolute Gasteiger partial charge is 0.534 e. The SMILES string of the molecule is COc1cc(C(=O)N2CC=C(OS(=O)(=O)C(F)(F)F)C[C@H]2CO[Si](C)(C)C(C)(C)C)c([N+](=O)[O-])cc1C. The summed E-state index contributed by atoms with van der Waals surface area (Å²) in [5.41, 5.74) is -5.97. The molecule has 1 atom stereocenters. The van der Waals surface area contributed by atoms with Gasteiger partial charge in [0.2, 0.25) is 0 Å². The van der Waals surface area contributed by atoms with E-state index in [2.05, 4.69) is 4.18 Å². The van der Waals surface area contributed by atoms with Crippen molar-refractivity contribution >= 4 is 30.0 Å². The summed E-state index contributed by atoms with van der Waals surface area (Å²) < 4.78 is 77.4. The molecule has 1 aliphatic heterocycles. The van der Waals surface area contributed by atoms with Crippen molar-refractivity contribution in [2.24, 2.45) is 0 Å². The van der Waals surface area contributed by atoms with Crippen LogP contribution in [-0.4, -0.2) is 64.3 Å². The van der Waals surface area contributed by atoms with Crippen molar-refractivity contribution in [3.05, 3.63) is 45.2 Å². The number of ether oxygens (including phenoxy) is 1. The van der Waals surface area contributed by atoms with Gasteiger partial charge in [0.1, 0.15) is 17.1 Å². The van der Waals surface area contributed by atoms with E-state index < -0.39 is 58.7 Å². The standard InChI is InChI=1S/C22H31F3N2O8SSi/c1-14-10-18(27(29)30)17(12-19(14)33-5)20(28)26-9-8-16(35-36(31,32)22(23,24)25)11-15(26)13-34-37(6,7)21(2,3)4/h8,10,12,15H,9,11,13H2,1-7H3/t15-/m0/s1. The number of hydrogen-bond acceptors (Lipinski definition) is 8. The lowest BCUT2D eigenvalue weighted by Crippen LogP contribution is -2.50. The number of nitro benzene ring substituents is 1. The third-order valence-corrected chi connectivity index (χ3v) is 12.0. The van der Waals surface area contributed by atoms with Crippen LogP contribution in [0.2, 0.25) is 18.1 Å². The molecule has 1 amide bonds. The molecule has 0 unspecified atom stereocenters. The van der Waals surface area contributed by atoms with E-state index in [1.807, 2.05) is 33.9 Å². The van der Waals surface area contributed by atoms with Crippen LogP contribution < -0.4 is 4.74 Å². The highest BCUT2D eigenvalue weighted by Gasteiger charge is 2.49. The topological polar surface area (TPSA) is 125 Å². The third-order valence-electron chi connectivity index (χ3n) is 6.54. The van der Waals surface area contributed by atoms with Crippen molar-refractivity contribution in [2.45, 2.75) is 63.8 Å². The summed E-state index contributed by atoms with van der Waals surface area (Å²) in [5, 5.41) is 11.4. The molecule has 1 heterocycles. The number of alkyl halides is 3. The van der Waals surface area contributed by atoms with Crippen LogP contribution in [0, 0.1) is 17.0 Å². The zero-order valence-electron chi connectivity index (χ0n) is 21.6. The van der Waals surface area contributed by atoms with Crippen LogP contribution in [0.15, 0.2) is 24.0 Å². The van der Waals surface area contributed by atoms with E-state index in [1.165, 1.54) is 24.1 Å². The predicted octanol–water partition coefficient (Wildman–Crippen LogP) is 4.90. The van der Waals surface area contributed by atoms with Crippen molar-refractivity contribution in [3.63, 3.8) is 0 Å². The smallest absolute Gasteiger partial charge is 0.496 e. The van der Waals surface area contributed by atoms with E-state index in [1.54, 1.807) is 6.92 Å². The summed E-state index contributed by atoms with van der Waals surface area (Å²) >= 11 is 0. The molecule has 0 saturated carbocycles. The molecule has 1 aromatic carbocycles. The number of nitro groups is 1. The van der Waals surface area contributed by atoms with Crippen LogP contribution in [0.3, 0.4) is 0 Å². The van der Waals surface area contributed by atoms with E-state index in [-0.39, 0.29) is 29.5 Å². The monoisotopic (exact) mass is 568 g/mol. The van der Waals surface area contributed by atoms with E-state index in [0.717, 1.165) is 6.08 Å². The number of carbonyl (C=O) groups excluding carboxylic acids is 1. The first-order valence-electron chi connectivity index (χ1n) is 11.2. The maximum Gasteiger partial charge on any atom is 0.534 e. The van der Waals surface area contributed by atoms with Crippen LogP contribution in [0.25, 0.3) is 0 Å². The lowest BCUT2D eigenvalue weighted by Gasteiger charge is -2.40. The molecular formula is C22H31F3N2O8SSi. The fraction of sp³-hybridized carbons (Fsp3) is 0.591. The molecule has 0 aromatic heterocycles. The number of benzene rings is 1. The zero-order chi connectivity index (χ0) is 28.6. The molecule has 0 bridgehead atoms. The van der Waals surface area contributed by atoms with Gasteiger partial charge in [-0.3, -0.25) is 14.9 Å². The number of hydrogen-bond donors (Lipinski definition) is 0. The summed E-state index contributed by atoms with van der Waals surface area (Å²) in [6.07, 6.45) is 0.619. The number of carbonyl (C=O) groups is 1. The van der Waals surface area contributed by atoms with Gasteiger partial charge in [-0.2, -0.15) is 21.6 Å². The summed E-state index contributed by atoms with van der Waals surface area (Å²) in [6, 6.07) is 1.46. The fourth-order valence-electron chi connectivity index (χ4n) is 3.32. The zero-order valence-corrected chi connectivity index (χ0v) is 23.4. The molecular weight excluding hydrogens is 537 g/mol. The molecule has 0 spiro atoms. The molecule has 10 nitrogen and oxygen atoms in total. The Hall–Kier alpha value is -2.65. The van der Waals surface area contributed by atoms with Crippen molar-refractivity contribution in [1.29, 1.82) is 0 Å². The molecule has 15 heteroatoms. The Kier molecular flexibility index (Phi) is 8.77. The van der Waals surface area contributed by atoms with Gasteiger partial charge in [-0.25, -0.2) is 0 Å². The highest BCUT2D eigenvalue weighted by atomic mass is 32.2.